The first-order valence-electron chi connectivity index (χ1n) is 11.6. The number of rotatable bonds is 7. The Kier molecular flexibility index (Phi) is 6.59. The smallest absolute Gasteiger partial charge is 0.320 e. The van der Waals surface area contributed by atoms with Crippen molar-refractivity contribution in [3.63, 3.8) is 0 Å². The molecule has 2 N–H and O–H groups in total. The summed E-state index contributed by atoms with van der Waals surface area (Å²) < 4.78 is 31.3. The van der Waals surface area contributed by atoms with Gasteiger partial charge in [-0.05, 0) is 17.7 Å². The van der Waals surface area contributed by atoms with Crippen LogP contribution in [0.5, 0.6) is 0 Å². The fraction of sp³-hybridized carbons (Fsp3) is 0.360. The Morgan fingerprint density at radius 3 is 2.49 bits per heavy atom. The summed E-state index contributed by atoms with van der Waals surface area (Å²) in [5.74, 6) is 0.274. The Hall–Kier alpha value is -3.21. The highest BCUT2D eigenvalue weighted by molar-refractivity contribution is 7.90. The zero-order valence-corrected chi connectivity index (χ0v) is 20.4. The first-order chi connectivity index (χ1) is 16.9. The number of hydrogen-bond acceptors (Lipinski definition) is 6. The number of amides is 2. The van der Waals surface area contributed by atoms with Crippen LogP contribution in [0.2, 0.25) is 0 Å². The van der Waals surface area contributed by atoms with Crippen LogP contribution in [0.15, 0.2) is 60.7 Å². The van der Waals surface area contributed by atoms with Crippen molar-refractivity contribution in [2.24, 2.45) is 0 Å². The standard InChI is InChI=1S/C25H29N5O4S/c1-34-13-12-29-14-20(18-8-4-2-5-9-18)22(15-29)26-25(31)27-24-21-16-35(32,33)17-23(21)28-30(24)19-10-6-3-7-11-19/h2-11,20,22H,12-17H2,1H3,(H2,26,27,31). The van der Waals surface area contributed by atoms with E-state index in [9.17, 15) is 13.2 Å². The number of methoxy groups -OCH3 is 1. The van der Waals surface area contributed by atoms with Gasteiger partial charge in [-0.3, -0.25) is 10.2 Å². The molecule has 2 amide bonds. The van der Waals surface area contributed by atoms with Gasteiger partial charge in [0, 0.05) is 38.2 Å². The predicted molar refractivity (Wildman–Crippen MR) is 133 cm³/mol. The van der Waals surface area contributed by atoms with E-state index in [4.69, 9.17) is 4.74 Å². The molecule has 1 aromatic heterocycles. The summed E-state index contributed by atoms with van der Waals surface area (Å²) in [5.41, 5.74) is 2.96. The molecule has 2 aliphatic rings. The molecule has 5 rings (SSSR count). The molecule has 0 saturated carbocycles. The van der Waals surface area contributed by atoms with Gasteiger partial charge in [-0.1, -0.05) is 48.5 Å². The molecule has 10 heteroatoms. The molecule has 1 fully saturated rings. The number of anilines is 1. The molecule has 2 aromatic carbocycles. The maximum absolute atomic E-state index is 13.3. The van der Waals surface area contributed by atoms with Gasteiger partial charge in [-0.25, -0.2) is 17.9 Å². The van der Waals surface area contributed by atoms with E-state index in [0.717, 1.165) is 18.8 Å². The van der Waals surface area contributed by atoms with Crippen LogP contribution in [0.3, 0.4) is 0 Å². The summed E-state index contributed by atoms with van der Waals surface area (Å²) in [7, 11) is -1.59. The third-order valence-electron chi connectivity index (χ3n) is 6.57. The second-order valence-electron chi connectivity index (χ2n) is 9.03. The number of ether oxygens (including phenoxy) is 1. The van der Waals surface area contributed by atoms with Crippen molar-refractivity contribution in [1.29, 1.82) is 0 Å². The van der Waals surface area contributed by atoms with E-state index in [1.165, 1.54) is 5.56 Å². The zero-order chi connectivity index (χ0) is 24.4. The lowest BCUT2D eigenvalue weighted by Crippen LogP contribution is -2.42. The Labute approximate surface area is 205 Å². The summed E-state index contributed by atoms with van der Waals surface area (Å²) in [6.07, 6.45) is 0. The third-order valence-corrected chi connectivity index (χ3v) is 8.01. The van der Waals surface area contributed by atoms with Crippen molar-refractivity contribution in [3.05, 3.63) is 77.5 Å². The highest BCUT2D eigenvalue weighted by Crippen LogP contribution is 2.33. The van der Waals surface area contributed by atoms with Crippen LogP contribution in [0.1, 0.15) is 22.7 Å². The fourth-order valence-corrected chi connectivity index (χ4v) is 6.41. The van der Waals surface area contributed by atoms with Gasteiger partial charge in [-0.15, -0.1) is 0 Å². The molecule has 0 radical (unpaired) electrons. The van der Waals surface area contributed by atoms with Gasteiger partial charge >= 0.3 is 6.03 Å². The number of carbonyl (C=O) groups excluding carboxylic acids is 1. The lowest BCUT2D eigenvalue weighted by Gasteiger charge is -2.21. The normalized spacial score (nSPS) is 21.1. The predicted octanol–water partition coefficient (Wildman–Crippen LogP) is 2.54. The molecule has 184 valence electrons. The van der Waals surface area contributed by atoms with E-state index in [2.05, 4.69) is 32.8 Å². The number of sulfone groups is 1. The Bertz CT molecular complexity index is 1290. The van der Waals surface area contributed by atoms with Gasteiger partial charge < -0.3 is 10.1 Å². The van der Waals surface area contributed by atoms with E-state index in [-0.39, 0.29) is 29.5 Å². The summed E-state index contributed by atoms with van der Waals surface area (Å²) in [5, 5.41) is 10.6. The quantitative estimate of drug-likeness (QED) is 0.522. The van der Waals surface area contributed by atoms with Crippen LogP contribution in [-0.4, -0.2) is 68.5 Å². The minimum atomic E-state index is -3.27. The van der Waals surface area contributed by atoms with Gasteiger partial charge in [-0.2, -0.15) is 5.10 Å². The molecule has 0 bridgehead atoms. The monoisotopic (exact) mass is 495 g/mol. The second kappa shape index (κ2) is 9.80. The number of aromatic nitrogens is 2. The lowest BCUT2D eigenvalue weighted by atomic mass is 9.94. The molecule has 2 aliphatic heterocycles. The summed E-state index contributed by atoms with van der Waals surface area (Å²) in [6.45, 7) is 2.91. The van der Waals surface area contributed by atoms with E-state index in [1.54, 1.807) is 11.8 Å². The average molecular weight is 496 g/mol. The second-order valence-corrected chi connectivity index (χ2v) is 11.1. The van der Waals surface area contributed by atoms with Crippen molar-refractivity contribution >= 4 is 21.7 Å². The van der Waals surface area contributed by atoms with Gasteiger partial charge in [0.05, 0.1) is 35.5 Å². The molecule has 2 atom stereocenters. The van der Waals surface area contributed by atoms with Crippen molar-refractivity contribution in [2.45, 2.75) is 23.5 Å². The number of likely N-dealkylation sites (tertiary alicyclic amines) is 1. The van der Waals surface area contributed by atoms with Crippen molar-refractivity contribution in [2.75, 3.05) is 38.7 Å². The van der Waals surface area contributed by atoms with Crippen LogP contribution >= 0.6 is 0 Å². The topological polar surface area (TPSA) is 106 Å². The number of hydrogen-bond donors (Lipinski definition) is 2. The van der Waals surface area contributed by atoms with Crippen molar-refractivity contribution in [3.8, 4) is 5.69 Å². The molecule has 1 saturated heterocycles. The Balaban J connectivity index is 1.38. The van der Waals surface area contributed by atoms with Crippen molar-refractivity contribution < 1.29 is 17.9 Å². The molecule has 2 unspecified atom stereocenters. The number of para-hydroxylation sites is 1. The third kappa shape index (κ3) is 5.09. The number of nitrogens with zero attached hydrogens (tertiary/aromatic N) is 3. The van der Waals surface area contributed by atoms with E-state index in [0.29, 0.717) is 30.2 Å². The highest BCUT2D eigenvalue weighted by Gasteiger charge is 2.36. The molecule has 0 spiro atoms. The van der Waals surface area contributed by atoms with E-state index < -0.39 is 9.84 Å². The maximum atomic E-state index is 13.3. The Morgan fingerprint density at radius 2 is 1.77 bits per heavy atom. The van der Waals surface area contributed by atoms with Crippen LogP contribution in [0.4, 0.5) is 10.6 Å². The summed E-state index contributed by atoms with van der Waals surface area (Å²) >= 11 is 0. The van der Waals surface area contributed by atoms with Gasteiger partial charge in [0.15, 0.2) is 9.84 Å². The number of fused-ring (bicyclic) bond motifs is 1. The largest absolute Gasteiger partial charge is 0.383 e. The molecule has 3 aromatic rings. The van der Waals surface area contributed by atoms with Gasteiger partial charge in [0.1, 0.15) is 5.82 Å². The number of nitrogens with one attached hydrogen (secondary N) is 2. The first kappa shape index (κ1) is 23.5. The van der Waals surface area contributed by atoms with Gasteiger partial charge in [0.2, 0.25) is 0 Å². The van der Waals surface area contributed by atoms with Gasteiger partial charge in [0.25, 0.3) is 0 Å². The average Bonchev–Trinajstić information content (AvgIpc) is 3.49. The minimum Gasteiger partial charge on any atom is -0.383 e. The van der Waals surface area contributed by atoms with E-state index >= 15 is 0 Å². The molecule has 0 aliphatic carbocycles. The van der Waals surface area contributed by atoms with Crippen LogP contribution < -0.4 is 10.6 Å². The van der Waals surface area contributed by atoms with E-state index in [1.807, 2.05) is 48.5 Å². The number of benzene rings is 2. The number of carbonyl (C=O) groups is 1. The highest BCUT2D eigenvalue weighted by atomic mass is 32.2. The maximum Gasteiger partial charge on any atom is 0.320 e. The number of urea groups is 1. The first-order valence-corrected chi connectivity index (χ1v) is 13.5. The molecule has 35 heavy (non-hydrogen) atoms. The summed E-state index contributed by atoms with van der Waals surface area (Å²) in [6, 6.07) is 19.1. The van der Waals surface area contributed by atoms with Crippen molar-refractivity contribution in [1.82, 2.24) is 20.0 Å². The van der Waals surface area contributed by atoms with Crippen LogP contribution in [0.25, 0.3) is 5.69 Å². The molecular weight excluding hydrogens is 466 g/mol. The molecular formula is C25H29N5O4S. The Morgan fingerprint density at radius 1 is 1.06 bits per heavy atom. The summed E-state index contributed by atoms with van der Waals surface area (Å²) in [4.78, 5) is 15.5. The molecule has 9 nitrogen and oxygen atoms in total. The fourth-order valence-electron chi connectivity index (χ4n) is 4.91. The van der Waals surface area contributed by atoms with Crippen LogP contribution in [0, 0.1) is 0 Å². The SMILES string of the molecule is COCCN1CC(NC(=O)Nc2c3c(nn2-c2ccccc2)CS(=O)(=O)C3)C(c2ccccc2)C1. The lowest BCUT2D eigenvalue weighted by molar-refractivity contribution is 0.159. The minimum absolute atomic E-state index is 0.112. The van der Waals surface area contributed by atoms with Crippen LogP contribution in [-0.2, 0) is 26.1 Å². The molecule has 3 heterocycles. The zero-order valence-electron chi connectivity index (χ0n) is 19.6.